The maximum Gasteiger partial charge on any atom is 0.243 e. The molecule has 5 rings (SSSR count). The van der Waals surface area contributed by atoms with E-state index >= 15 is 0 Å². The standard InChI is InChI=1S/C39H51N13O6S2/c40-26-12-14-59-60-20-32(33(41)53)52-37(57)30(16-23-18-46-27-10-5-4-9-25(23)27)51-35(55)28(11-6-13-45-39(42)43)48-36(56)29(15-22-7-2-1-3-8-22)50-38(58)31(49-34(26)54)17-24-19-44-21-47-24/h1-5,7-10,18-19,21,26,28-32,46H,6,11-17,20,40H2,(H2,41,53)(H,44,47)(H,48,56)(H,49,54)(H,50,58)(H,51,55)(H,52,57)(H4,42,43,45)/t26-,28-,29+,30?,31-,32-/m0/s1. The zero-order chi connectivity index (χ0) is 43.0. The smallest absolute Gasteiger partial charge is 0.243 e. The van der Waals surface area contributed by atoms with E-state index in [1.165, 1.54) is 34.1 Å². The summed E-state index contributed by atoms with van der Waals surface area (Å²) in [4.78, 5) is 96.9. The first kappa shape index (κ1) is 45.0. The number of carbonyl (C=O) groups is 6. The van der Waals surface area contributed by atoms with E-state index in [1.807, 2.05) is 24.3 Å². The number of H-pyrrole nitrogens is 2. The van der Waals surface area contributed by atoms with Gasteiger partial charge in [-0.05, 0) is 36.5 Å². The van der Waals surface area contributed by atoms with E-state index in [-0.39, 0.29) is 56.8 Å². The Hall–Kier alpha value is -6.06. The van der Waals surface area contributed by atoms with Gasteiger partial charge in [0, 0.05) is 66.3 Å². The van der Waals surface area contributed by atoms with Gasteiger partial charge >= 0.3 is 0 Å². The fourth-order valence-corrected chi connectivity index (χ4v) is 8.72. The number of aromatic nitrogens is 3. The molecule has 2 aromatic heterocycles. The molecule has 19 nitrogen and oxygen atoms in total. The molecule has 0 radical (unpaired) electrons. The molecule has 0 aliphatic carbocycles. The van der Waals surface area contributed by atoms with Gasteiger partial charge in [0.25, 0.3) is 0 Å². The number of hydrogen-bond donors (Lipinski definition) is 11. The second kappa shape index (κ2) is 22.3. The van der Waals surface area contributed by atoms with Crippen molar-refractivity contribution in [3.63, 3.8) is 0 Å². The molecule has 2 aromatic carbocycles. The Morgan fingerprint density at radius 2 is 1.37 bits per heavy atom. The van der Waals surface area contributed by atoms with E-state index in [1.54, 1.807) is 36.5 Å². The van der Waals surface area contributed by atoms with E-state index in [9.17, 15) is 28.8 Å². The van der Waals surface area contributed by atoms with Crippen LogP contribution in [0.25, 0.3) is 10.9 Å². The van der Waals surface area contributed by atoms with Crippen molar-refractivity contribution in [2.45, 2.75) is 74.8 Å². The molecule has 0 saturated carbocycles. The highest BCUT2D eigenvalue weighted by molar-refractivity contribution is 8.76. The number of para-hydroxylation sites is 1. The van der Waals surface area contributed by atoms with Crippen LogP contribution < -0.4 is 49.5 Å². The summed E-state index contributed by atoms with van der Waals surface area (Å²) in [5.41, 5.74) is 25.8. The first-order valence-corrected chi connectivity index (χ1v) is 21.8. The van der Waals surface area contributed by atoms with E-state index in [0.29, 0.717) is 22.6 Å². The van der Waals surface area contributed by atoms with Gasteiger partial charge in [-0.15, -0.1) is 0 Å². The number of imidazole rings is 1. The Morgan fingerprint density at radius 3 is 2.07 bits per heavy atom. The quantitative estimate of drug-likeness (QED) is 0.0374. The number of rotatable bonds is 11. The molecule has 0 bridgehead atoms. The Kier molecular flexibility index (Phi) is 16.8. The van der Waals surface area contributed by atoms with Crippen LogP contribution in [0.15, 0.2) is 78.3 Å². The lowest BCUT2D eigenvalue weighted by Gasteiger charge is -2.27. The van der Waals surface area contributed by atoms with Crippen LogP contribution in [0.1, 0.15) is 36.1 Å². The molecule has 6 amide bonds. The molecule has 15 N–H and O–H groups in total. The number of aliphatic imine (C=N–C) groups is 1. The molecule has 320 valence electrons. The fourth-order valence-electron chi connectivity index (χ4n) is 6.43. The van der Waals surface area contributed by atoms with E-state index in [0.717, 1.165) is 10.9 Å². The second-order valence-electron chi connectivity index (χ2n) is 14.2. The maximum absolute atomic E-state index is 14.3. The second-order valence-corrected chi connectivity index (χ2v) is 16.8. The lowest BCUT2D eigenvalue weighted by atomic mass is 10.0. The molecule has 21 heteroatoms. The van der Waals surface area contributed by atoms with Crippen LogP contribution in [0.3, 0.4) is 0 Å². The molecule has 60 heavy (non-hydrogen) atoms. The minimum atomic E-state index is -1.26. The molecule has 0 spiro atoms. The molecular formula is C39H51N13O6S2. The number of aromatic amines is 2. The van der Waals surface area contributed by atoms with Gasteiger partial charge in [-0.2, -0.15) is 0 Å². The van der Waals surface area contributed by atoms with Crippen molar-refractivity contribution in [2.24, 2.45) is 27.9 Å². The van der Waals surface area contributed by atoms with Crippen molar-refractivity contribution >= 4 is 73.9 Å². The number of guanidine groups is 1. The highest BCUT2D eigenvalue weighted by Crippen LogP contribution is 2.24. The summed E-state index contributed by atoms with van der Waals surface area (Å²) in [5, 5.41) is 14.6. The van der Waals surface area contributed by atoms with E-state index in [4.69, 9.17) is 22.9 Å². The summed E-state index contributed by atoms with van der Waals surface area (Å²) in [6.07, 6.45) is 5.17. The van der Waals surface area contributed by atoms with Crippen molar-refractivity contribution in [1.82, 2.24) is 41.5 Å². The van der Waals surface area contributed by atoms with Crippen molar-refractivity contribution < 1.29 is 28.8 Å². The topological polar surface area (TPSA) is 323 Å². The number of nitrogens with one attached hydrogen (secondary N) is 7. The average Bonchev–Trinajstić information content (AvgIpc) is 3.90. The minimum Gasteiger partial charge on any atom is -0.370 e. The molecule has 3 heterocycles. The van der Waals surface area contributed by atoms with Crippen LogP contribution in [0, 0.1) is 0 Å². The minimum absolute atomic E-state index is 0.00224. The van der Waals surface area contributed by atoms with Crippen LogP contribution in [-0.4, -0.2) is 111 Å². The SMILES string of the molecule is NC(=O)[C@@H]1CSSCC[C@H](N)C(=O)N[C@@H](Cc2cnc[nH]2)C(=O)N[C@H](Cc2ccccc2)C(=O)N[C@@H](CCCN=C(N)N)C(=O)NC(Cc2c[nH]c3ccccc23)C(=O)N1. The van der Waals surface area contributed by atoms with Crippen molar-refractivity contribution in [3.8, 4) is 0 Å². The van der Waals surface area contributed by atoms with Gasteiger partial charge in [0.15, 0.2) is 5.96 Å². The Labute approximate surface area is 354 Å². The van der Waals surface area contributed by atoms with Gasteiger partial charge in [0.1, 0.15) is 30.2 Å². The summed E-state index contributed by atoms with van der Waals surface area (Å²) in [5.74, 6) is -3.91. The van der Waals surface area contributed by atoms with Crippen molar-refractivity contribution in [3.05, 3.63) is 90.1 Å². The molecule has 1 saturated heterocycles. The summed E-state index contributed by atoms with van der Waals surface area (Å²) in [7, 11) is 2.56. The van der Waals surface area contributed by atoms with Crippen LogP contribution in [-0.2, 0) is 48.0 Å². The van der Waals surface area contributed by atoms with Crippen LogP contribution in [0.4, 0.5) is 0 Å². The van der Waals surface area contributed by atoms with Crippen LogP contribution in [0.2, 0.25) is 0 Å². The number of carbonyl (C=O) groups excluding carboxylic acids is 6. The third-order valence-corrected chi connectivity index (χ3v) is 12.1. The molecule has 1 unspecified atom stereocenters. The highest BCUT2D eigenvalue weighted by Gasteiger charge is 2.34. The van der Waals surface area contributed by atoms with Gasteiger partial charge in [-0.25, -0.2) is 4.98 Å². The molecular weight excluding hydrogens is 811 g/mol. The molecule has 4 aromatic rings. The molecule has 1 aliphatic heterocycles. The molecule has 6 atom stereocenters. The third kappa shape index (κ3) is 13.5. The van der Waals surface area contributed by atoms with Gasteiger partial charge in [0.2, 0.25) is 35.4 Å². The predicted molar refractivity (Wildman–Crippen MR) is 231 cm³/mol. The number of primary amides is 1. The van der Waals surface area contributed by atoms with Gasteiger partial charge in [-0.3, -0.25) is 33.8 Å². The van der Waals surface area contributed by atoms with Crippen molar-refractivity contribution in [1.29, 1.82) is 0 Å². The van der Waals surface area contributed by atoms with Gasteiger partial charge in [-0.1, -0.05) is 70.1 Å². The first-order chi connectivity index (χ1) is 28.9. The predicted octanol–water partition coefficient (Wildman–Crippen LogP) is -1.01. The molecule has 1 fully saturated rings. The van der Waals surface area contributed by atoms with Crippen LogP contribution in [0.5, 0.6) is 0 Å². The first-order valence-electron chi connectivity index (χ1n) is 19.3. The summed E-state index contributed by atoms with van der Waals surface area (Å²) in [6.45, 7) is 0.124. The maximum atomic E-state index is 14.3. The fraction of sp³-hybridized carbons (Fsp3) is 0.385. The number of fused-ring (bicyclic) bond motifs is 1. The lowest BCUT2D eigenvalue weighted by molar-refractivity contribution is -0.135. The number of amides is 6. The lowest BCUT2D eigenvalue weighted by Crippen LogP contribution is -2.60. The van der Waals surface area contributed by atoms with Crippen LogP contribution >= 0.6 is 21.6 Å². The Morgan fingerprint density at radius 1 is 0.733 bits per heavy atom. The summed E-state index contributed by atoms with van der Waals surface area (Å²) in [6, 6.07) is 9.33. The zero-order valence-electron chi connectivity index (χ0n) is 32.7. The Balaban J connectivity index is 1.50. The number of hydrogen-bond acceptors (Lipinski definition) is 11. The number of nitrogens with two attached hydrogens (primary N) is 4. The largest absolute Gasteiger partial charge is 0.370 e. The summed E-state index contributed by atoms with van der Waals surface area (Å²) < 4.78 is 0. The third-order valence-electron chi connectivity index (χ3n) is 9.66. The van der Waals surface area contributed by atoms with Gasteiger partial charge < -0.3 is 59.5 Å². The van der Waals surface area contributed by atoms with E-state index < -0.39 is 71.7 Å². The zero-order valence-corrected chi connectivity index (χ0v) is 34.4. The van der Waals surface area contributed by atoms with Gasteiger partial charge in [0.05, 0.1) is 12.4 Å². The molecule has 1 aliphatic rings. The number of benzene rings is 2. The highest BCUT2D eigenvalue weighted by atomic mass is 33.1. The van der Waals surface area contributed by atoms with E-state index in [2.05, 4.69) is 46.5 Å². The Bertz CT molecular complexity index is 2110. The normalized spacial score (nSPS) is 22.9. The number of nitrogens with zero attached hydrogens (tertiary/aromatic N) is 2. The summed E-state index contributed by atoms with van der Waals surface area (Å²) >= 11 is 0. The van der Waals surface area contributed by atoms with Crippen molar-refractivity contribution in [2.75, 3.05) is 18.1 Å². The monoisotopic (exact) mass is 861 g/mol. The average molecular weight is 862 g/mol.